The molecule has 0 aromatic rings. The van der Waals surface area contributed by atoms with Gasteiger partial charge in [0.2, 0.25) is 0 Å². The Hall–Kier alpha value is -0.0800. The van der Waals surface area contributed by atoms with Gasteiger partial charge < -0.3 is 10.6 Å². The van der Waals surface area contributed by atoms with Gasteiger partial charge in [-0.25, -0.2) is 0 Å². The summed E-state index contributed by atoms with van der Waals surface area (Å²) in [4.78, 5) is 0. The summed E-state index contributed by atoms with van der Waals surface area (Å²) in [5.74, 6) is 0. The molecule has 1 aliphatic rings. The van der Waals surface area contributed by atoms with E-state index in [1.54, 1.807) is 0 Å². The lowest BCUT2D eigenvalue weighted by Crippen LogP contribution is -2.31. The van der Waals surface area contributed by atoms with Crippen molar-refractivity contribution in [3.63, 3.8) is 0 Å². The van der Waals surface area contributed by atoms with Crippen LogP contribution in [0.25, 0.3) is 0 Å². The largest absolute Gasteiger partial charge is 0.316 e. The first kappa shape index (κ1) is 12.0. The van der Waals surface area contributed by atoms with Gasteiger partial charge >= 0.3 is 0 Å². The van der Waals surface area contributed by atoms with Crippen LogP contribution in [0.4, 0.5) is 0 Å². The maximum Gasteiger partial charge on any atom is 0.00682 e. The SMILES string of the molecule is CCC(C)(C)CNCCCNC1CC1. The van der Waals surface area contributed by atoms with Gasteiger partial charge in [-0.2, -0.15) is 0 Å². The van der Waals surface area contributed by atoms with Crippen molar-refractivity contribution in [3.8, 4) is 0 Å². The zero-order chi connectivity index (χ0) is 10.4. The zero-order valence-electron chi connectivity index (χ0n) is 10.0. The van der Waals surface area contributed by atoms with E-state index in [9.17, 15) is 0 Å². The van der Waals surface area contributed by atoms with Gasteiger partial charge in [0.05, 0.1) is 0 Å². The molecule has 0 saturated heterocycles. The maximum atomic E-state index is 3.53. The summed E-state index contributed by atoms with van der Waals surface area (Å²) in [6, 6.07) is 0.863. The Bertz CT molecular complexity index is 150. The van der Waals surface area contributed by atoms with Crippen LogP contribution in [0.3, 0.4) is 0 Å². The van der Waals surface area contributed by atoms with E-state index in [1.807, 2.05) is 0 Å². The standard InChI is InChI=1S/C12H26N2/c1-4-12(2,3)10-13-8-5-9-14-11-6-7-11/h11,13-14H,4-10H2,1-3H3. The van der Waals surface area contributed by atoms with Crippen LogP contribution in [0.2, 0.25) is 0 Å². The second kappa shape index (κ2) is 5.72. The molecule has 0 aliphatic heterocycles. The molecule has 1 fully saturated rings. The predicted octanol–water partition coefficient (Wildman–Crippen LogP) is 2.15. The van der Waals surface area contributed by atoms with Crippen molar-refractivity contribution in [2.45, 2.75) is 52.5 Å². The molecule has 1 saturated carbocycles. The van der Waals surface area contributed by atoms with Crippen LogP contribution in [0, 0.1) is 5.41 Å². The molecule has 0 aromatic carbocycles. The summed E-state index contributed by atoms with van der Waals surface area (Å²) < 4.78 is 0. The maximum absolute atomic E-state index is 3.53. The van der Waals surface area contributed by atoms with Gasteiger partial charge in [0.25, 0.3) is 0 Å². The van der Waals surface area contributed by atoms with E-state index in [-0.39, 0.29) is 0 Å². The Labute approximate surface area is 88.8 Å². The van der Waals surface area contributed by atoms with Gasteiger partial charge in [-0.1, -0.05) is 20.8 Å². The fourth-order valence-corrected chi connectivity index (χ4v) is 1.36. The predicted molar refractivity (Wildman–Crippen MR) is 62.6 cm³/mol. The van der Waals surface area contributed by atoms with Crippen LogP contribution >= 0.6 is 0 Å². The molecule has 0 bridgehead atoms. The molecule has 0 heterocycles. The van der Waals surface area contributed by atoms with Gasteiger partial charge in [0.1, 0.15) is 0 Å². The van der Waals surface area contributed by atoms with Crippen LogP contribution in [0.5, 0.6) is 0 Å². The van der Waals surface area contributed by atoms with E-state index in [0.717, 1.165) is 19.1 Å². The summed E-state index contributed by atoms with van der Waals surface area (Å²) in [6.07, 6.45) is 5.31. The van der Waals surface area contributed by atoms with Crippen molar-refractivity contribution >= 4 is 0 Å². The quantitative estimate of drug-likeness (QED) is 0.584. The van der Waals surface area contributed by atoms with E-state index in [4.69, 9.17) is 0 Å². The fourth-order valence-electron chi connectivity index (χ4n) is 1.36. The first-order valence-electron chi connectivity index (χ1n) is 6.08. The number of nitrogens with one attached hydrogen (secondary N) is 2. The Balaban J connectivity index is 1.83. The molecule has 0 spiro atoms. The van der Waals surface area contributed by atoms with Gasteiger partial charge in [-0.15, -0.1) is 0 Å². The molecule has 0 atom stereocenters. The Morgan fingerprint density at radius 3 is 2.50 bits per heavy atom. The van der Waals surface area contributed by atoms with Crippen molar-refractivity contribution in [1.29, 1.82) is 0 Å². The number of rotatable bonds is 8. The average Bonchev–Trinajstić information content (AvgIpc) is 2.95. The van der Waals surface area contributed by atoms with Crippen LogP contribution in [0.15, 0.2) is 0 Å². The molecule has 2 nitrogen and oxygen atoms in total. The minimum absolute atomic E-state index is 0.462. The van der Waals surface area contributed by atoms with Gasteiger partial charge in [-0.3, -0.25) is 0 Å². The lowest BCUT2D eigenvalue weighted by Gasteiger charge is -2.22. The lowest BCUT2D eigenvalue weighted by atomic mass is 9.90. The summed E-state index contributed by atoms with van der Waals surface area (Å²) in [5, 5.41) is 7.06. The van der Waals surface area contributed by atoms with Crippen molar-refractivity contribution in [1.82, 2.24) is 10.6 Å². The minimum Gasteiger partial charge on any atom is -0.316 e. The van der Waals surface area contributed by atoms with Crippen molar-refractivity contribution in [2.24, 2.45) is 5.41 Å². The third-order valence-electron chi connectivity index (χ3n) is 3.10. The van der Waals surface area contributed by atoms with Crippen LogP contribution in [-0.2, 0) is 0 Å². The molecule has 0 amide bonds. The molecule has 1 aliphatic carbocycles. The minimum atomic E-state index is 0.462. The Morgan fingerprint density at radius 2 is 1.93 bits per heavy atom. The Kier molecular flexibility index (Phi) is 4.90. The second-order valence-corrected chi connectivity index (χ2v) is 5.28. The van der Waals surface area contributed by atoms with Gasteiger partial charge in [0, 0.05) is 12.6 Å². The third kappa shape index (κ3) is 5.61. The molecule has 0 radical (unpaired) electrons. The van der Waals surface area contributed by atoms with Gasteiger partial charge in [-0.05, 0) is 44.2 Å². The highest BCUT2D eigenvalue weighted by Gasteiger charge is 2.19. The molecule has 14 heavy (non-hydrogen) atoms. The highest BCUT2D eigenvalue weighted by atomic mass is 15.0. The average molecular weight is 198 g/mol. The third-order valence-corrected chi connectivity index (χ3v) is 3.10. The number of hydrogen-bond donors (Lipinski definition) is 2. The van der Waals surface area contributed by atoms with E-state index in [0.29, 0.717) is 5.41 Å². The molecule has 1 rings (SSSR count). The van der Waals surface area contributed by atoms with Crippen molar-refractivity contribution < 1.29 is 0 Å². The highest BCUT2D eigenvalue weighted by Crippen LogP contribution is 2.18. The van der Waals surface area contributed by atoms with Crippen molar-refractivity contribution in [3.05, 3.63) is 0 Å². The first-order chi connectivity index (χ1) is 6.64. The summed E-state index contributed by atoms with van der Waals surface area (Å²) in [5.41, 5.74) is 0.462. The van der Waals surface area contributed by atoms with Crippen LogP contribution in [0.1, 0.15) is 46.5 Å². The smallest absolute Gasteiger partial charge is 0.00682 e. The van der Waals surface area contributed by atoms with E-state index < -0.39 is 0 Å². The molecular formula is C12H26N2. The van der Waals surface area contributed by atoms with Crippen molar-refractivity contribution in [2.75, 3.05) is 19.6 Å². The molecular weight excluding hydrogens is 172 g/mol. The lowest BCUT2D eigenvalue weighted by molar-refractivity contribution is 0.327. The highest BCUT2D eigenvalue weighted by molar-refractivity contribution is 4.80. The van der Waals surface area contributed by atoms with Gasteiger partial charge in [0.15, 0.2) is 0 Å². The summed E-state index contributed by atoms with van der Waals surface area (Å²) in [6.45, 7) is 10.4. The summed E-state index contributed by atoms with van der Waals surface area (Å²) in [7, 11) is 0. The molecule has 2 heteroatoms. The Morgan fingerprint density at radius 1 is 1.21 bits per heavy atom. The monoisotopic (exact) mass is 198 g/mol. The van der Waals surface area contributed by atoms with Crippen LogP contribution in [-0.4, -0.2) is 25.7 Å². The molecule has 0 unspecified atom stereocenters. The molecule has 2 N–H and O–H groups in total. The topological polar surface area (TPSA) is 24.1 Å². The normalized spacial score (nSPS) is 17.4. The summed E-state index contributed by atoms with van der Waals surface area (Å²) >= 11 is 0. The second-order valence-electron chi connectivity index (χ2n) is 5.28. The van der Waals surface area contributed by atoms with E-state index in [1.165, 1.54) is 32.2 Å². The first-order valence-corrected chi connectivity index (χ1v) is 6.08. The van der Waals surface area contributed by atoms with E-state index in [2.05, 4.69) is 31.4 Å². The molecule has 84 valence electrons. The fraction of sp³-hybridized carbons (Fsp3) is 1.00. The van der Waals surface area contributed by atoms with Crippen LogP contribution < -0.4 is 10.6 Å². The number of hydrogen-bond acceptors (Lipinski definition) is 2. The zero-order valence-corrected chi connectivity index (χ0v) is 10.0. The molecule has 0 aromatic heterocycles. The van der Waals surface area contributed by atoms with E-state index >= 15 is 0 Å².